The molecule has 88 valence electrons. The number of nitrogens with zero attached hydrogens (tertiary/aromatic N) is 2. The predicted octanol–water partition coefficient (Wildman–Crippen LogP) is 1.22. The molecular weight excluding hydrogens is 218 g/mol. The van der Waals surface area contributed by atoms with Gasteiger partial charge in [0.15, 0.2) is 0 Å². The van der Waals surface area contributed by atoms with Crippen LogP contribution >= 0.6 is 0 Å². The maximum atomic E-state index is 12.0. The lowest BCUT2D eigenvalue weighted by atomic mass is 10.2. The van der Waals surface area contributed by atoms with Gasteiger partial charge in [0.05, 0.1) is 5.69 Å². The van der Waals surface area contributed by atoms with Gasteiger partial charge in [0.1, 0.15) is 6.54 Å². The minimum Gasteiger partial charge on any atom is -0.399 e. The molecule has 0 bridgehead atoms. The molecule has 0 aromatic heterocycles. The fourth-order valence-electron chi connectivity index (χ4n) is 1.77. The van der Waals surface area contributed by atoms with Crippen LogP contribution in [0.2, 0.25) is 0 Å². The molecule has 1 fully saturated rings. The fraction of sp³-hybridized carbons (Fsp3) is 0.167. The van der Waals surface area contributed by atoms with Crippen LogP contribution in [0.5, 0.6) is 0 Å². The molecule has 1 saturated heterocycles. The third-order valence-electron chi connectivity index (χ3n) is 2.52. The van der Waals surface area contributed by atoms with Crippen molar-refractivity contribution in [2.75, 3.05) is 23.7 Å². The van der Waals surface area contributed by atoms with Crippen LogP contribution in [-0.4, -0.2) is 29.9 Å². The molecule has 2 rings (SSSR count). The molecule has 0 saturated carbocycles. The average molecular weight is 231 g/mol. The first-order chi connectivity index (χ1) is 8.13. The standard InChI is InChI=1S/C12H13N3O2/c1-2-6-14-8-11(16)15(12(14)17)10-5-3-4-9(13)7-10/h2-5,7H,1,6,8,13H2. The van der Waals surface area contributed by atoms with Crippen LogP contribution in [-0.2, 0) is 4.79 Å². The van der Waals surface area contributed by atoms with E-state index in [-0.39, 0.29) is 18.5 Å². The first-order valence-electron chi connectivity index (χ1n) is 5.22. The fourth-order valence-corrected chi connectivity index (χ4v) is 1.77. The van der Waals surface area contributed by atoms with E-state index < -0.39 is 0 Å². The Hall–Kier alpha value is -2.30. The van der Waals surface area contributed by atoms with E-state index >= 15 is 0 Å². The van der Waals surface area contributed by atoms with Gasteiger partial charge >= 0.3 is 6.03 Å². The monoisotopic (exact) mass is 231 g/mol. The lowest BCUT2D eigenvalue weighted by Gasteiger charge is -2.15. The van der Waals surface area contributed by atoms with E-state index in [0.717, 1.165) is 4.90 Å². The second-order valence-corrected chi connectivity index (χ2v) is 3.78. The minimum absolute atomic E-state index is 0.0830. The lowest BCUT2D eigenvalue weighted by Crippen LogP contribution is -2.33. The van der Waals surface area contributed by atoms with Gasteiger partial charge in [0.2, 0.25) is 0 Å². The van der Waals surface area contributed by atoms with Crippen molar-refractivity contribution in [1.29, 1.82) is 0 Å². The van der Waals surface area contributed by atoms with Gasteiger partial charge in [-0.2, -0.15) is 0 Å². The molecule has 0 aliphatic carbocycles. The zero-order valence-corrected chi connectivity index (χ0v) is 9.30. The van der Waals surface area contributed by atoms with Gasteiger partial charge in [-0.15, -0.1) is 6.58 Å². The molecule has 1 aliphatic heterocycles. The smallest absolute Gasteiger partial charge is 0.332 e. The summed E-state index contributed by atoms with van der Waals surface area (Å²) in [5.41, 5.74) is 6.66. The van der Waals surface area contributed by atoms with E-state index in [1.54, 1.807) is 30.3 Å². The number of carbonyl (C=O) groups is 2. The Balaban J connectivity index is 2.30. The molecule has 0 atom stereocenters. The maximum absolute atomic E-state index is 12.0. The van der Waals surface area contributed by atoms with Gasteiger partial charge in [-0.3, -0.25) is 4.79 Å². The Morgan fingerprint density at radius 1 is 1.41 bits per heavy atom. The number of urea groups is 1. The van der Waals surface area contributed by atoms with Gasteiger partial charge in [-0.1, -0.05) is 12.1 Å². The van der Waals surface area contributed by atoms with Crippen LogP contribution in [0.25, 0.3) is 0 Å². The number of amides is 3. The van der Waals surface area contributed by atoms with Crippen molar-refractivity contribution < 1.29 is 9.59 Å². The molecular formula is C12H13N3O2. The van der Waals surface area contributed by atoms with Crippen molar-refractivity contribution in [3.05, 3.63) is 36.9 Å². The number of benzene rings is 1. The van der Waals surface area contributed by atoms with Crippen LogP contribution in [0.1, 0.15) is 0 Å². The molecule has 3 amide bonds. The predicted molar refractivity (Wildman–Crippen MR) is 65.5 cm³/mol. The number of hydrogen-bond donors (Lipinski definition) is 1. The first-order valence-corrected chi connectivity index (χ1v) is 5.22. The highest BCUT2D eigenvalue weighted by Gasteiger charge is 2.36. The van der Waals surface area contributed by atoms with E-state index in [1.165, 1.54) is 4.90 Å². The van der Waals surface area contributed by atoms with Gasteiger partial charge < -0.3 is 10.6 Å². The summed E-state index contributed by atoms with van der Waals surface area (Å²) in [6, 6.07) is 6.37. The van der Waals surface area contributed by atoms with Crippen molar-refractivity contribution in [2.45, 2.75) is 0 Å². The number of hydrogen-bond acceptors (Lipinski definition) is 3. The molecule has 1 aromatic rings. The zero-order valence-electron chi connectivity index (χ0n) is 9.30. The summed E-state index contributed by atoms with van der Waals surface area (Å²) in [4.78, 5) is 26.3. The van der Waals surface area contributed by atoms with Crippen molar-refractivity contribution in [3.8, 4) is 0 Å². The zero-order chi connectivity index (χ0) is 12.4. The van der Waals surface area contributed by atoms with Crippen molar-refractivity contribution in [3.63, 3.8) is 0 Å². The summed E-state index contributed by atoms with van der Waals surface area (Å²) in [5.74, 6) is -0.248. The van der Waals surface area contributed by atoms with Crippen molar-refractivity contribution in [1.82, 2.24) is 4.90 Å². The highest BCUT2D eigenvalue weighted by molar-refractivity contribution is 6.19. The number of rotatable bonds is 3. The number of nitrogens with two attached hydrogens (primary N) is 1. The maximum Gasteiger partial charge on any atom is 0.332 e. The SMILES string of the molecule is C=CCN1CC(=O)N(c2cccc(N)c2)C1=O. The number of imide groups is 1. The Labute approximate surface area is 99.1 Å². The third kappa shape index (κ3) is 1.99. The molecule has 1 aromatic carbocycles. The molecule has 17 heavy (non-hydrogen) atoms. The summed E-state index contributed by atoms with van der Waals surface area (Å²) in [6.45, 7) is 4.00. The van der Waals surface area contributed by atoms with Gasteiger partial charge in [-0.05, 0) is 18.2 Å². The Morgan fingerprint density at radius 2 is 2.18 bits per heavy atom. The Kier molecular flexibility index (Phi) is 2.82. The number of carbonyl (C=O) groups excluding carboxylic acids is 2. The first kappa shape index (κ1) is 11.2. The topological polar surface area (TPSA) is 66.6 Å². The Bertz CT molecular complexity index is 484. The second kappa shape index (κ2) is 4.29. The van der Waals surface area contributed by atoms with Gasteiger partial charge in [0.25, 0.3) is 5.91 Å². The van der Waals surface area contributed by atoms with E-state index in [0.29, 0.717) is 17.9 Å². The summed E-state index contributed by atoms with van der Waals surface area (Å²) in [7, 11) is 0. The van der Waals surface area contributed by atoms with E-state index in [4.69, 9.17) is 5.73 Å². The van der Waals surface area contributed by atoms with Gasteiger partial charge in [0, 0.05) is 12.2 Å². The van der Waals surface area contributed by atoms with E-state index in [1.807, 2.05) is 0 Å². The summed E-state index contributed by atoms with van der Waals surface area (Å²) >= 11 is 0. The van der Waals surface area contributed by atoms with Crippen LogP contribution in [0.15, 0.2) is 36.9 Å². The molecule has 0 radical (unpaired) electrons. The highest BCUT2D eigenvalue weighted by Crippen LogP contribution is 2.22. The molecule has 1 aliphatic rings. The minimum atomic E-state index is -0.333. The van der Waals surface area contributed by atoms with Crippen LogP contribution < -0.4 is 10.6 Å². The van der Waals surface area contributed by atoms with Crippen LogP contribution in [0.3, 0.4) is 0 Å². The largest absolute Gasteiger partial charge is 0.399 e. The van der Waals surface area contributed by atoms with Crippen molar-refractivity contribution in [2.24, 2.45) is 0 Å². The molecule has 0 spiro atoms. The van der Waals surface area contributed by atoms with E-state index in [9.17, 15) is 9.59 Å². The lowest BCUT2D eigenvalue weighted by molar-refractivity contribution is -0.116. The average Bonchev–Trinajstić information content (AvgIpc) is 2.55. The third-order valence-corrected chi connectivity index (χ3v) is 2.52. The normalized spacial score (nSPS) is 15.5. The molecule has 2 N–H and O–H groups in total. The van der Waals surface area contributed by atoms with E-state index in [2.05, 4.69) is 6.58 Å². The van der Waals surface area contributed by atoms with Gasteiger partial charge in [-0.25, -0.2) is 9.69 Å². The van der Waals surface area contributed by atoms with Crippen LogP contribution in [0.4, 0.5) is 16.2 Å². The second-order valence-electron chi connectivity index (χ2n) is 3.78. The molecule has 5 heteroatoms. The summed E-state index contributed by atoms with van der Waals surface area (Å²) in [5, 5.41) is 0. The number of nitrogen functional groups attached to an aromatic ring is 1. The summed E-state index contributed by atoms with van der Waals surface area (Å²) in [6.07, 6.45) is 1.59. The Morgan fingerprint density at radius 3 is 2.82 bits per heavy atom. The van der Waals surface area contributed by atoms with Crippen molar-refractivity contribution >= 4 is 23.3 Å². The van der Waals surface area contributed by atoms with Crippen LogP contribution in [0, 0.1) is 0 Å². The molecule has 5 nitrogen and oxygen atoms in total. The highest BCUT2D eigenvalue weighted by atomic mass is 16.2. The molecule has 0 unspecified atom stereocenters. The summed E-state index contributed by atoms with van der Waals surface area (Å²) < 4.78 is 0. The quantitative estimate of drug-likeness (QED) is 0.483. The molecule has 1 heterocycles. The number of anilines is 2.